The summed E-state index contributed by atoms with van der Waals surface area (Å²) in [7, 11) is 2.03. The minimum absolute atomic E-state index is 0.257. The smallest absolute Gasteiger partial charge is 0.110 e. The summed E-state index contributed by atoms with van der Waals surface area (Å²) in [4.78, 5) is 5.67. The molecule has 0 aromatic carbocycles. The molecule has 0 saturated heterocycles. The lowest BCUT2D eigenvalue weighted by Gasteiger charge is -2.16. The van der Waals surface area contributed by atoms with E-state index in [0.717, 1.165) is 37.3 Å². The molecule has 104 valence electrons. The van der Waals surface area contributed by atoms with Crippen molar-refractivity contribution >= 4 is 11.5 Å². The van der Waals surface area contributed by atoms with Gasteiger partial charge in [-0.3, -0.25) is 0 Å². The molecule has 5 nitrogen and oxygen atoms in total. The van der Waals surface area contributed by atoms with Crippen LogP contribution in [0.2, 0.25) is 0 Å². The summed E-state index contributed by atoms with van der Waals surface area (Å²) in [5.74, 6) is 1.08. The highest BCUT2D eigenvalue weighted by molar-refractivity contribution is 7.05. The van der Waals surface area contributed by atoms with E-state index in [1.807, 2.05) is 19.4 Å². The van der Waals surface area contributed by atoms with Gasteiger partial charge in [0.05, 0.1) is 16.6 Å². The third-order valence-corrected chi connectivity index (χ3v) is 4.03. The minimum atomic E-state index is 0.257. The molecule has 0 saturated carbocycles. The second-order valence-electron chi connectivity index (χ2n) is 4.60. The molecule has 19 heavy (non-hydrogen) atoms. The van der Waals surface area contributed by atoms with Crippen LogP contribution in [-0.4, -0.2) is 25.7 Å². The van der Waals surface area contributed by atoms with Crippen molar-refractivity contribution in [2.75, 3.05) is 6.54 Å². The zero-order chi connectivity index (χ0) is 13.7. The van der Waals surface area contributed by atoms with Gasteiger partial charge in [-0.05, 0) is 24.5 Å². The second kappa shape index (κ2) is 6.77. The van der Waals surface area contributed by atoms with Crippen LogP contribution < -0.4 is 5.32 Å². The largest absolute Gasteiger partial charge is 0.338 e. The zero-order valence-electron chi connectivity index (χ0n) is 11.8. The topological polar surface area (TPSA) is 55.6 Å². The maximum Gasteiger partial charge on any atom is 0.110 e. The number of hydrogen-bond acceptors (Lipinski definition) is 5. The van der Waals surface area contributed by atoms with E-state index in [1.165, 1.54) is 16.4 Å². The van der Waals surface area contributed by atoms with Crippen LogP contribution in [0.5, 0.6) is 0 Å². The third-order valence-electron chi connectivity index (χ3n) is 3.15. The van der Waals surface area contributed by atoms with Gasteiger partial charge in [-0.25, -0.2) is 4.98 Å². The van der Waals surface area contributed by atoms with Crippen LogP contribution in [-0.2, 0) is 19.9 Å². The maximum absolute atomic E-state index is 4.41. The van der Waals surface area contributed by atoms with E-state index in [9.17, 15) is 0 Å². The molecule has 0 bridgehead atoms. The van der Waals surface area contributed by atoms with E-state index in [-0.39, 0.29) is 6.04 Å². The molecular weight excluding hydrogens is 258 g/mol. The molecule has 2 heterocycles. The molecule has 2 rings (SSSR count). The number of likely N-dealkylation sites (N-methyl/N-ethyl adjacent to an activating group) is 1. The fourth-order valence-corrected chi connectivity index (χ4v) is 2.94. The quantitative estimate of drug-likeness (QED) is 0.843. The Bertz CT molecular complexity index is 505. The SMILES string of the molecule is CCCc1nnsc1C(Cc1nccn1C)NCC. The van der Waals surface area contributed by atoms with Gasteiger partial charge in [0.15, 0.2) is 0 Å². The van der Waals surface area contributed by atoms with Gasteiger partial charge in [-0.2, -0.15) is 0 Å². The molecule has 0 radical (unpaired) electrons. The fourth-order valence-electron chi connectivity index (χ4n) is 2.17. The molecule has 0 aliphatic rings. The average molecular weight is 279 g/mol. The third kappa shape index (κ3) is 3.39. The van der Waals surface area contributed by atoms with E-state index in [0.29, 0.717) is 0 Å². The van der Waals surface area contributed by atoms with Crippen LogP contribution in [0, 0.1) is 0 Å². The van der Waals surface area contributed by atoms with Gasteiger partial charge in [0.2, 0.25) is 0 Å². The van der Waals surface area contributed by atoms with Gasteiger partial charge in [0, 0.05) is 25.9 Å². The van der Waals surface area contributed by atoms with Crippen molar-refractivity contribution in [1.82, 2.24) is 24.5 Å². The van der Waals surface area contributed by atoms with E-state index in [4.69, 9.17) is 0 Å². The van der Waals surface area contributed by atoms with Crippen molar-refractivity contribution in [3.8, 4) is 0 Å². The summed E-state index contributed by atoms with van der Waals surface area (Å²) in [6, 6.07) is 0.257. The summed E-state index contributed by atoms with van der Waals surface area (Å²) >= 11 is 1.50. The van der Waals surface area contributed by atoms with Gasteiger partial charge in [0.1, 0.15) is 5.82 Å². The van der Waals surface area contributed by atoms with Crippen molar-refractivity contribution in [1.29, 1.82) is 0 Å². The Balaban J connectivity index is 2.19. The molecule has 2 aromatic rings. The van der Waals surface area contributed by atoms with E-state index in [2.05, 4.69) is 38.3 Å². The lowest BCUT2D eigenvalue weighted by molar-refractivity contribution is 0.531. The Morgan fingerprint density at radius 3 is 2.89 bits per heavy atom. The Morgan fingerprint density at radius 1 is 1.42 bits per heavy atom. The van der Waals surface area contributed by atoms with Crippen molar-refractivity contribution in [2.45, 2.75) is 39.2 Å². The predicted molar refractivity (Wildman–Crippen MR) is 77.2 cm³/mol. The summed E-state index contributed by atoms with van der Waals surface area (Å²) in [6.07, 6.45) is 6.79. The molecule has 0 aliphatic carbocycles. The fraction of sp³-hybridized carbons (Fsp3) is 0.615. The van der Waals surface area contributed by atoms with Crippen molar-refractivity contribution < 1.29 is 0 Å². The number of nitrogens with zero attached hydrogens (tertiary/aromatic N) is 4. The predicted octanol–water partition coefficient (Wildman–Crippen LogP) is 2.12. The first-order valence-corrected chi connectivity index (χ1v) is 7.54. The van der Waals surface area contributed by atoms with Gasteiger partial charge >= 0.3 is 0 Å². The molecule has 0 fully saturated rings. The van der Waals surface area contributed by atoms with Crippen LogP contribution in [0.25, 0.3) is 0 Å². The number of aromatic nitrogens is 4. The first-order chi connectivity index (χ1) is 9.26. The van der Waals surface area contributed by atoms with E-state index in [1.54, 1.807) is 0 Å². The maximum atomic E-state index is 4.41. The molecule has 1 N–H and O–H groups in total. The lowest BCUT2D eigenvalue weighted by Crippen LogP contribution is -2.24. The zero-order valence-corrected chi connectivity index (χ0v) is 12.6. The summed E-state index contributed by atoms with van der Waals surface area (Å²) < 4.78 is 6.19. The molecule has 1 atom stereocenters. The van der Waals surface area contributed by atoms with E-state index < -0.39 is 0 Å². The Labute approximate surface area is 118 Å². The van der Waals surface area contributed by atoms with Gasteiger partial charge in [0.25, 0.3) is 0 Å². The Kier molecular flexibility index (Phi) is 5.04. The highest BCUT2D eigenvalue weighted by Gasteiger charge is 2.20. The minimum Gasteiger partial charge on any atom is -0.338 e. The molecular formula is C13H21N5S. The normalized spacial score (nSPS) is 12.8. The van der Waals surface area contributed by atoms with Crippen LogP contribution in [0.15, 0.2) is 12.4 Å². The number of rotatable bonds is 7. The van der Waals surface area contributed by atoms with Gasteiger partial charge < -0.3 is 9.88 Å². The first kappa shape index (κ1) is 14.1. The highest BCUT2D eigenvalue weighted by Crippen LogP contribution is 2.24. The standard InChI is InChI=1S/C13H21N5S/c1-4-6-10-13(19-17-16-10)11(14-5-2)9-12-15-7-8-18(12)3/h7-8,11,14H,4-6,9H2,1-3H3. The highest BCUT2D eigenvalue weighted by atomic mass is 32.1. The molecule has 2 aromatic heterocycles. The van der Waals surface area contributed by atoms with Crippen molar-refractivity contribution in [3.05, 3.63) is 28.8 Å². The number of hydrogen-bond donors (Lipinski definition) is 1. The molecule has 1 unspecified atom stereocenters. The first-order valence-electron chi connectivity index (χ1n) is 6.76. The monoisotopic (exact) mass is 279 g/mol. The molecule has 6 heteroatoms. The van der Waals surface area contributed by atoms with Gasteiger partial charge in [-0.1, -0.05) is 24.8 Å². The van der Waals surface area contributed by atoms with Crippen LogP contribution >= 0.6 is 11.5 Å². The van der Waals surface area contributed by atoms with E-state index >= 15 is 0 Å². The van der Waals surface area contributed by atoms with Crippen LogP contribution in [0.3, 0.4) is 0 Å². The van der Waals surface area contributed by atoms with Crippen LogP contribution in [0.4, 0.5) is 0 Å². The second-order valence-corrected chi connectivity index (χ2v) is 5.39. The summed E-state index contributed by atoms with van der Waals surface area (Å²) in [5.41, 5.74) is 1.13. The molecule has 0 spiro atoms. The molecule has 0 amide bonds. The number of aryl methyl sites for hydroxylation is 2. The summed E-state index contributed by atoms with van der Waals surface area (Å²) in [6.45, 7) is 5.22. The molecule has 0 aliphatic heterocycles. The lowest BCUT2D eigenvalue weighted by atomic mass is 10.1. The number of nitrogens with one attached hydrogen (secondary N) is 1. The van der Waals surface area contributed by atoms with Gasteiger partial charge in [-0.15, -0.1) is 5.10 Å². The Hall–Kier alpha value is -1.27. The summed E-state index contributed by atoms with van der Waals surface area (Å²) in [5, 5.41) is 7.79. The number of imidazole rings is 1. The van der Waals surface area contributed by atoms with Crippen LogP contribution in [0.1, 0.15) is 42.7 Å². The van der Waals surface area contributed by atoms with Crippen molar-refractivity contribution in [2.24, 2.45) is 7.05 Å². The Morgan fingerprint density at radius 2 is 2.26 bits per heavy atom. The van der Waals surface area contributed by atoms with Crippen molar-refractivity contribution in [3.63, 3.8) is 0 Å². The average Bonchev–Trinajstić information content (AvgIpc) is 2.99.